The van der Waals surface area contributed by atoms with Gasteiger partial charge in [0.2, 0.25) is 5.91 Å². The summed E-state index contributed by atoms with van der Waals surface area (Å²) in [5.41, 5.74) is 0. The largest absolute Gasteiger partial charge is 0.353 e. The average Bonchev–Trinajstić information content (AvgIpc) is 2.27. The van der Waals surface area contributed by atoms with Gasteiger partial charge in [-0.15, -0.1) is 0 Å². The normalized spacial score (nSPS) is 12.1. The smallest absolute Gasteiger partial charge is 0.230 e. The number of aromatic nitrogens is 1. The number of rotatable bonds is 5. The van der Waals surface area contributed by atoms with Gasteiger partial charge in [-0.25, -0.2) is 4.98 Å². The lowest BCUT2D eigenvalue weighted by Crippen LogP contribution is -2.33. The molecule has 1 rings (SSSR count). The van der Waals surface area contributed by atoms with E-state index in [1.807, 2.05) is 25.1 Å². The minimum atomic E-state index is 0.0694. The first-order valence-electron chi connectivity index (χ1n) is 5.05. The fourth-order valence-corrected chi connectivity index (χ4v) is 1.66. The zero-order chi connectivity index (χ0) is 11.1. The van der Waals surface area contributed by atoms with Crippen molar-refractivity contribution < 1.29 is 4.79 Å². The minimum Gasteiger partial charge on any atom is -0.353 e. The molecule has 0 spiro atoms. The quantitative estimate of drug-likeness (QED) is 0.779. The Kier molecular flexibility index (Phi) is 5.18. The Bertz CT molecular complexity index is 303. The summed E-state index contributed by atoms with van der Waals surface area (Å²) in [4.78, 5) is 15.6. The Morgan fingerprint density at radius 1 is 1.60 bits per heavy atom. The van der Waals surface area contributed by atoms with Gasteiger partial charge in [0.05, 0.1) is 10.8 Å². The van der Waals surface area contributed by atoms with Gasteiger partial charge in [0.25, 0.3) is 0 Å². The predicted molar refractivity (Wildman–Crippen MR) is 62.9 cm³/mol. The van der Waals surface area contributed by atoms with Gasteiger partial charge in [-0.3, -0.25) is 4.79 Å². The molecule has 3 nitrogen and oxygen atoms in total. The molecule has 0 fully saturated rings. The third-order valence-corrected chi connectivity index (χ3v) is 2.95. The summed E-state index contributed by atoms with van der Waals surface area (Å²) in [7, 11) is 0. The standard InChI is InChI=1S/C11H16N2OS/c1-3-9(2)13-10(14)8-15-11-6-4-5-7-12-11/h4-7,9H,3,8H2,1-2H3,(H,13,14)/t9-/m1/s1. The molecule has 0 saturated heterocycles. The van der Waals surface area contributed by atoms with E-state index >= 15 is 0 Å². The summed E-state index contributed by atoms with van der Waals surface area (Å²) in [5, 5.41) is 3.80. The molecule has 1 N–H and O–H groups in total. The maximum Gasteiger partial charge on any atom is 0.230 e. The highest BCUT2D eigenvalue weighted by molar-refractivity contribution is 7.99. The molecule has 1 heterocycles. The minimum absolute atomic E-state index is 0.0694. The van der Waals surface area contributed by atoms with Crippen molar-refractivity contribution in [2.75, 3.05) is 5.75 Å². The molecule has 0 radical (unpaired) electrons. The lowest BCUT2D eigenvalue weighted by Gasteiger charge is -2.10. The third kappa shape index (κ3) is 4.83. The van der Waals surface area contributed by atoms with Crippen LogP contribution < -0.4 is 5.32 Å². The van der Waals surface area contributed by atoms with Gasteiger partial charge in [0.1, 0.15) is 0 Å². The van der Waals surface area contributed by atoms with E-state index < -0.39 is 0 Å². The predicted octanol–water partition coefficient (Wildman–Crippen LogP) is 2.09. The van der Waals surface area contributed by atoms with Crippen molar-refractivity contribution >= 4 is 17.7 Å². The van der Waals surface area contributed by atoms with Crippen LogP contribution in [0.4, 0.5) is 0 Å². The number of nitrogens with zero attached hydrogens (tertiary/aromatic N) is 1. The molecular weight excluding hydrogens is 208 g/mol. The number of hydrogen-bond acceptors (Lipinski definition) is 3. The number of hydrogen-bond donors (Lipinski definition) is 1. The van der Waals surface area contributed by atoms with Gasteiger partial charge in [-0.2, -0.15) is 0 Å². The SMILES string of the molecule is CC[C@@H](C)NC(=O)CSc1ccccn1. The van der Waals surface area contributed by atoms with Crippen LogP contribution >= 0.6 is 11.8 Å². The molecule has 0 bridgehead atoms. The van der Waals surface area contributed by atoms with E-state index in [0.29, 0.717) is 5.75 Å². The van der Waals surface area contributed by atoms with E-state index in [-0.39, 0.29) is 11.9 Å². The van der Waals surface area contributed by atoms with Crippen LogP contribution in [0, 0.1) is 0 Å². The summed E-state index contributed by atoms with van der Waals surface area (Å²) in [6.07, 6.45) is 2.69. The van der Waals surface area contributed by atoms with Crippen LogP contribution in [0.5, 0.6) is 0 Å². The average molecular weight is 224 g/mol. The zero-order valence-electron chi connectivity index (χ0n) is 9.06. The van der Waals surface area contributed by atoms with Crippen LogP contribution in [-0.2, 0) is 4.79 Å². The van der Waals surface area contributed by atoms with Crippen LogP contribution in [0.15, 0.2) is 29.4 Å². The van der Waals surface area contributed by atoms with E-state index in [1.54, 1.807) is 6.20 Å². The lowest BCUT2D eigenvalue weighted by molar-refractivity contribution is -0.119. The van der Waals surface area contributed by atoms with Crippen molar-refractivity contribution in [1.29, 1.82) is 0 Å². The van der Waals surface area contributed by atoms with E-state index in [9.17, 15) is 4.79 Å². The highest BCUT2D eigenvalue weighted by atomic mass is 32.2. The zero-order valence-corrected chi connectivity index (χ0v) is 9.88. The molecule has 82 valence electrons. The number of nitrogens with one attached hydrogen (secondary N) is 1. The van der Waals surface area contributed by atoms with Crippen molar-refractivity contribution in [2.24, 2.45) is 0 Å². The molecule has 1 atom stereocenters. The maximum absolute atomic E-state index is 11.4. The fourth-order valence-electron chi connectivity index (χ4n) is 0.991. The monoisotopic (exact) mass is 224 g/mol. The first-order valence-corrected chi connectivity index (χ1v) is 6.04. The number of carbonyl (C=O) groups excluding carboxylic acids is 1. The number of pyridine rings is 1. The molecule has 4 heteroatoms. The second kappa shape index (κ2) is 6.45. The van der Waals surface area contributed by atoms with Gasteiger partial charge in [-0.1, -0.05) is 24.8 Å². The summed E-state index contributed by atoms with van der Waals surface area (Å²) >= 11 is 1.46. The van der Waals surface area contributed by atoms with Crippen LogP contribution in [0.2, 0.25) is 0 Å². The first kappa shape index (κ1) is 12.0. The van der Waals surface area contributed by atoms with Gasteiger partial charge in [0.15, 0.2) is 0 Å². The summed E-state index contributed by atoms with van der Waals surface area (Å²) < 4.78 is 0. The highest BCUT2D eigenvalue weighted by Crippen LogP contribution is 2.13. The van der Waals surface area contributed by atoms with E-state index in [1.165, 1.54) is 11.8 Å². The topological polar surface area (TPSA) is 42.0 Å². The summed E-state index contributed by atoms with van der Waals surface area (Å²) in [6, 6.07) is 5.94. The summed E-state index contributed by atoms with van der Waals surface area (Å²) in [6.45, 7) is 4.06. The third-order valence-electron chi connectivity index (χ3n) is 2.01. The van der Waals surface area contributed by atoms with E-state index in [4.69, 9.17) is 0 Å². The van der Waals surface area contributed by atoms with Gasteiger partial charge in [-0.05, 0) is 25.5 Å². The molecule has 0 saturated carbocycles. The molecule has 1 aromatic rings. The molecule has 1 amide bonds. The Morgan fingerprint density at radius 2 is 2.40 bits per heavy atom. The Labute approximate surface area is 94.7 Å². The highest BCUT2D eigenvalue weighted by Gasteiger charge is 2.05. The van der Waals surface area contributed by atoms with E-state index in [2.05, 4.69) is 17.2 Å². The molecule has 0 aliphatic carbocycles. The second-order valence-electron chi connectivity index (χ2n) is 3.33. The van der Waals surface area contributed by atoms with Crippen molar-refractivity contribution in [3.63, 3.8) is 0 Å². The number of amides is 1. The van der Waals surface area contributed by atoms with Gasteiger partial charge < -0.3 is 5.32 Å². The number of carbonyl (C=O) groups is 1. The van der Waals surface area contributed by atoms with Crippen LogP contribution in [0.1, 0.15) is 20.3 Å². The van der Waals surface area contributed by atoms with E-state index in [0.717, 1.165) is 11.4 Å². The second-order valence-corrected chi connectivity index (χ2v) is 4.33. The molecule has 15 heavy (non-hydrogen) atoms. The Morgan fingerprint density at radius 3 is 3.00 bits per heavy atom. The maximum atomic E-state index is 11.4. The van der Waals surface area contributed by atoms with Crippen LogP contribution in [-0.4, -0.2) is 22.7 Å². The Hall–Kier alpha value is -1.03. The van der Waals surface area contributed by atoms with Crippen molar-refractivity contribution in [2.45, 2.75) is 31.3 Å². The molecule has 0 aromatic carbocycles. The molecule has 0 aliphatic rings. The fraction of sp³-hybridized carbons (Fsp3) is 0.455. The summed E-state index contributed by atoms with van der Waals surface area (Å²) in [5.74, 6) is 0.501. The van der Waals surface area contributed by atoms with Gasteiger partial charge in [0, 0.05) is 12.2 Å². The Balaban J connectivity index is 2.29. The lowest BCUT2D eigenvalue weighted by atomic mass is 10.3. The molecule has 0 aliphatic heterocycles. The van der Waals surface area contributed by atoms with Crippen molar-refractivity contribution in [3.8, 4) is 0 Å². The number of thioether (sulfide) groups is 1. The van der Waals surface area contributed by atoms with Crippen LogP contribution in [0.3, 0.4) is 0 Å². The van der Waals surface area contributed by atoms with Crippen LogP contribution in [0.25, 0.3) is 0 Å². The molecule has 1 aromatic heterocycles. The molecule has 0 unspecified atom stereocenters. The van der Waals surface area contributed by atoms with Gasteiger partial charge >= 0.3 is 0 Å². The van der Waals surface area contributed by atoms with Crippen molar-refractivity contribution in [3.05, 3.63) is 24.4 Å². The molecular formula is C11H16N2OS. The van der Waals surface area contributed by atoms with Crippen molar-refractivity contribution in [1.82, 2.24) is 10.3 Å². The first-order chi connectivity index (χ1) is 7.22.